The van der Waals surface area contributed by atoms with Gasteiger partial charge in [0.25, 0.3) is 5.56 Å². The minimum Gasteiger partial charge on any atom is -0.391 e. The van der Waals surface area contributed by atoms with Gasteiger partial charge in [0.05, 0.1) is 0 Å². The molecular weight excluding hydrogens is 150 g/mol. The van der Waals surface area contributed by atoms with Crippen molar-refractivity contribution in [2.75, 3.05) is 16.9 Å². The van der Waals surface area contributed by atoms with Crippen LogP contribution in [0.4, 0.5) is 17.5 Å². The lowest BCUT2D eigenvalue weighted by Gasteiger charge is -2.00. The van der Waals surface area contributed by atoms with E-state index >= 15 is 0 Å². The Kier molecular flexibility index (Phi) is 1.65. The van der Waals surface area contributed by atoms with Crippen molar-refractivity contribution in [2.45, 2.75) is 0 Å². The van der Waals surface area contributed by atoms with Gasteiger partial charge in [-0.3, -0.25) is 20.5 Å². The Labute approximate surface area is 61.0 Å². The molecule has 0 bridgehead atoms. The van der Waals surface area contributed by atoms with Crippen LogP contribution in [-0.2, 0) is 0 Å². The smallest absolute Gasteiger partial charge is 0.277 e. The maximum absolute atomic E-state index is 10.8. The third-order valence-electron chi connectivity index (χ3n) is 1.08. The van der Waals surface area contributed by atoms with Crippen molar-refractivity contribution >= 4 is 17.5 Å². The minimum atomic E-state index is -0.589. The number of nitrogens with zero attached hydrogens (tertiary/aromatic N) is 1. The molecular formula is C4H7N5O2. The largest absolute Gasteiger partial charge is 0.391 e. The zero-order chi connectivity index (χ0) is 8.43. The van der Waals surface area contributed by atoms with Gasteiger partial charge in [0.15, 0.2) is 5.82 Å². The van der Waals surface area contributed by atoms with Crippen molar-refractivity contribution in [3.8, 4) is 0 Å². The fourth-order valence-electron chi connectivity index (χ4n) is 0.585. The van der Waals surface area contributed by atoms with E-state index < -0.39 is 5.56 Å². The standard InChI is InChI=1S/C4H7N5O2/c5-1-2(9-11)7-4(6)8-3(1)10/h11H,5H2,(H4,6,7,8,9,10). The number of H-pyrrole nitrogens is 1. The molecule has 1 rings (SSSR count). The number of hydrogen-bond donors (Lipinski definition) is 5. The second kappa shape index (κ2) is 2.46. The molecule has 0 saturated heterocycles. The normalized spacial score (nSPS) is 9.55. The van der Waals surface area contributed by atoms with Crippen molar-refractivity contribution in [1.82, 2.24) is 9.97 Å². The maximum Gasteiger partial charge on any atom is 0.277 e. The monoisotopic (exact) mass is 157 g/mol. The number of rotatable bonds is 1. The Bertz CT molecular complexity index is 319. The van der Waals surface area contributed by atoms with Crippen molar-refractivity contribution in [3.63, 3.8) is 0 Å². The fraction of sp³-hybridized carbons (Fsp3) is 0. The molecule has 1 aromatic rings. The Morgan fingerprint density at radius 1 is 1.55 bits per heavy atom. The highest BCUT2D eigenvalue weighted by Gasteiger charge is 2.04. The second-order valence-electron chi connectivity index (χ2n) is 1.83. The van der Waals surface area contributed by atoms with E-state index in [4.69, 9.17) is 16.7 Å². The Morgan fingerprint density at radius 3 is 2.73 bits per heavy atom. The lowest BCUT2D eigenvalue weighted by atomic mass is 10.5. The maximum atomic E-state index is 10.8. The molecule has 0 aromatic carbocycles. The molecule has 7 nitrogen and oxygen atoms in total. The van der Waals surface area contributed by atoms with Crippen molar-refractivity contribution in [1.29, 1.82) is 0 Å². The van der Waals surface area contributed by atoms with Gasteiger partial charge in [0.2, 0.25) is 5.95 Å². The third-order valence-corrected chi connectivity index (χ3v) is 1.08. The van der Waals surface area contributed by atoms with Crippen molar-refractivity contribution in [2.24, 2.45) is 0 Å². The van der Waals surface area contributed by atoms with E-state index in [1.807, 2.05) is 0 Å². The summed E-state index contributed by atoms with van der Waals surface area (Å²) in [5.41, 5.74) is 11.2. The van der Waals surface area contributed by atoms with Crippen molar-refractivity contribution < 1.29 is 5.21 Å². The average molecular weight is 157 g/mol. The molecule has 60 valence electrons. The van der Waals surface area contributed by atoms with Crippen LogP contribution in [0.25, 0.3) is 0 Å². The van der Waals surface area contributed by atoms with E-state index in [-0.39, 0.29) is 17.5 Å². The van der Waals surface area contributed by atoms with Gasteiger partial charge in [0.1, 0.15) is 5.69 Å². The van der Waals surface area contributed by atoms with Crippen molar-refractivity contribution in [3.05, 3.63) is 10.4 Å². The average Bonchev–Trinajstić information content (AvgIpc) is 1.96. The highest BCUT2D eigenvalue weighted by molar-refractivity contribution is 5.59. The number of hydrogen-bond acceptors (Lipinski definition) is 6. The number of anilines is 3. The van der Waals surface area contributed by atoms with Crippen LogP contribution in [0.5, 0.6) is 0 Å². The van der Waals surface area contributed by atoms with Crippen LogP contribution < -0.4 is 22.5 Å². The quantitative estimate of drug-likeness (QED) is 0.323. The van der Waals surface area contributed by atoms with Crippen LogP contribution in [0.2, 0.25) is 0 Å². The van der Waals surface area contributed by atoms with E-state index in [1.165, 1.54) is 0 Å². The van der Waals surface area contributed by atoms with Gasteiger partial charge in [-0.25, -0.2) is 0 Å². The highest BCUT2D eigenvalue weighted by Crippen LogP contribution is 2.07. The summed E-state index contributed by atoms with van der Waals surface area (Å²) in [6.07, 6.45) is 0. The first-order valence-corrected chi connectivity index (χ1v) is 2.70. The van der Waals surface area contributed by atoms with Gasteiger partial charge in [0, 0.05) is 0 Å². The molecule has 11 heavy (non-hydrogen) atoms. The number of nitrogens with two attached hydrogens (primary N) is 2. The summed E-state index contributed by atoms with van der Waals surface area (Å²) in [5.74, 6) is -0.257. The molecule has 7 N–H and O–H groups in total. The van der Waals surface area contributed by atoms with E-state index in [9.17, 15) is 4.79 Å². The summed E-state index contributed by atoms with van der Waals surface area (Å²) in [7, 11) is 0. The summed E-state index contributed by atoms with van der Waals surface area (Å²) < 4.78 is 0. The molecule has 0 unspecified atom stereocenters. The summed E-state index contributed by atoms with van der Waals surface area (Å²) in [5, 5.41) is 8.37. The van der Waals surface area contributed by atoms with Crippen LogP contribution in [0, 0.1) is 0 Å². The van der Waals surface area contributed by atoms with Crippen LogP contribution in [-0.4, -0.2) is 15.2 Å². The van der Waals surface area contributed by atoms with E-state index in [2.05, 4.69) is 9.97 Å². The van der Waals surface area contributed by atoms with Gasteiger partial charge >= 0.3 is 0 Å². The molecule has 0 amide bonds. The Morgan fingerprint density at radius 2 is 2.18 bits per heavy atom. The van der Waals surface area contributed by atoms with Gasteiger partial charge < -0.3 is 11.5 Å². The van der Waals surface area contributed by atoms with Gasteiger partial charge in [-0.05, 0) is 0 Å². The Hall–Kier alpha value is -1.76. The zero-order valence-corrected chi connectivity index (χ0v) is 5.46. The molecule has 0 radical (unpaired) electrons. The molecule has 0 aliphatic rings. The molecule has 0 atom stereocenters. The number of nitrogens with one attached hydrogen (secondary N) is 2. The third kappa shape index (κ3) is 1.22. The summed E-state index contributed by atoms with van der Waals surface area (Å²) in [6.45, 7) is 0. The predicted molar refractivity (Wildman–Crippen MR) is 39.1 cm³/mol. The molecule has 0 aliphatic heterocycles. The summed E-state index contributed by atoms with van der Waals surface area (Å²) in [4.78, 5) is 16.4. The lowest BCUT2D eigenvalue weighted by molar-refractivity contribution is 0.386. The lowest BCUT2D eigenvalue weighted by Crippen LogP contribution is -2.17. The fourth-order valence-corrected chi connectivity index (χ4v) is 0.585. The number of nitrogen functional groups attached to an aromatic ring is 2. The van der Waals surface area contributed by atoms with E-state index in [0.717, 1.165) is 0 Å². The summed E-state index contributed by atoms with van der Waals surface area (Å²) >= 11 is 0. The van der Waals surface area contributed by atoms with Crippen LogP contribution in [0.3, 0.4) is 0 Å². The predicted octanol–water partition coefficient (Wildman–Crippen LogP) is -1.26. The molecule has 1 aromatic heterocycles. The van der Waals surface area contributed by atoms with Crippen LogP contribution in [0.15, 0.2) is 4.79 Å². The molecule has 0 saturated carbocycles. The zero-order valence-electron chi connectivity index (χ0n) is 5.46. The first-order valence-electron chi connectivity index (χ1n) is 2.70. The van der Waals surface area contributed by atoms with Crippen LogP contribution >= 0.6 is 0 Å². The first-order chi connectivity index (χ1) is 5.15. The number of aromatic amines is 1. The topological polar surface area (TPSA) is 130 Å². The van der Waals surface area contributed by atoms with E-state index in [0.29, 0.717) is 0 Å². The molecule has 7 heteroatoms. The Balaban J connectivity index is 3.36. The van der Waals surface area contributed by atoms with Gasteiger partial charge in [-0.1, -0.05) is 0 Å². The second-order valence-corrected chi connectivity index (χ2v) is 1.83. The van der Waals surface area contributed by atoms with Gasteiger partial charge in [-0.15, -0.1) is 0 Å². The molecule has 0 fully saturated rings. The minimum absolute atomic E-state index is 0.110. The first kappa shape index (κ1) is 7.35. The number of aromatic nitrogens is 2. The molecule has 0 aliphatic carbocycles. The summed E-state index contributed by atoms with van der Waals surface area (Å²) in [6, 6.07) is 0. The van der Waals surface area contributed by atoms with E-state index in [1.54, 1.807) is 5.48 Å². The van der Waals surface area contributed by atoms with Crippen LogP contribution in [0.1, 0.15) is 0 Å². The molecule has 0 spiro atoms. The highest BCUT2D eigenvalue weighted by atomic mass is 16.5. The SMILES string of the molecule is Nc1nc(NO)c(N)c(=O)[nH]1. The van der Waals surface area contributed by atoms with Gasteiger partial charge in [-0.2, -0.15) is 4.98 Å². The molecule has 1 heterocycles.